The van der Waals surface area contributed by atoms with Crippen molar-refractivity contribution in [2.75, 3.05) is 6.61 Å². The number of unbranched alkanes of at least 4 members (excludes halogenated alkanes) is 26. The largest absolute Gasteiger partial charge is 0.462 e. The average Bonchev–Trinajstić information content (AvgIpc) is 3.31. The van der Waals surface area contributed by atoms with Gasteiger partial charge in [0.05, 0.1) is 25.2 Å². The van der Waals surface area contributed by atoms with E-state index in [4.69, 9.17) is 4.74 Å². The summed E-state index contributed by atoms with van der Waals surface area (Å²) in [5.41, 5.74) is 0. The van der Waals surface area contributed by atoms with Crippen molar-refractivity contribution in [2.24, 2.45) is 0 Å². The second kappa shape index (κ2) is 52.7. The van der Waals surface area contributed by atoms with Gasteiger partial charge in [-0.2, -0.15) is 0 Å². The van der Waals surface area contributed by atoms with Gasteiger partial charge in [-0.15, -0.1) is 0 Å². The molecule has 1 amide bonds. The summed E-state index contributed by atoms with van der Waals surface area (Å²) in [6.07, 6.45) is 70.3. The van der Waals surface area contributed by atoms with Crippen molar-refractivity contribution in [1.82, 2.24) is 5.32 Å². The van der Waals surface area contributed by atoms with Crippen molar-refractivity contribution < 1.29 is 24.5 Å². The topological polar surface area (TPSA) is 95.9 Å². The van der Waals surface area contributed by atoms with Crippen LogP contribution in [0.15, 0.2) is 97.2 Å². The molecule has 0 aliphatic rings. The highest BCUT2D eigenvalue weighted by atomic mass is 16.5. The number of nitrogens with one attached hydrogen (secondary N) is 1. The minimum absolute atomic E-state index is 0.0395. The standard InChI is InChI=1S/C60H103NO5/c1-4-7-10-13-16-19-22-25-28-31-33-36-39-42-45-48-51-56(66-60(65)53-50-47-44-41-38-35-30-27-24-21-18-15-12-9-6-3)54-59(64)61-57(55-62)58(63)52-49-46-43-40-37-34-32-29-26-23-20-17-14-11-8-5-2/h9-10,12-13,15-16,18-19,21-22,24-25,28,31,33,36,56-58,62-63H,4-8,11,14,17,20,23,26-27,29-30,32,34-35,37-55H2,1-3H3,(H,61,64)/b12-9+,13-10+,18-15+,19-16+,24-21+,25-22+,31-28+,36-33+. The zero-order chi connectivity index (χ0) is 48.1. The molecule has 0 aliphatic carbocycles. The molecule has 378 valence electrons. The summed E-state index contributed by atoms with van der Waals surface area (Å²) in [5, 5.41) is 23.9. The van der Waals surface area contributed by atoms with Crippen LogP contribution in [-0.4, -0.2) is 46.9 Å². The number of carbonyl (C=O) groups is 2. The van der Waals surface area contributed by atoms with Crippen molar-refractivity contribution in [2.45, 2.75) is 264 Å². The molecule has 0 aromatic carbocycles. The maximum absolute atomic E-state index is 13.3. The van der Waals surface area contributed by atoms with Crippen molar-refractivity contribution in [3.05, 3.63) is 97.2 Å². The van der Waals surface area contributed by atoms with Gasteiger partial charge in [-0.1, -0.05) is 266 Å². The molecule has 0 spiro atoms. The Labute approximate surface area is 407 Å². The van der Waals surface area contributed by atoms with Crippen LogP contribution in [0.5, 0.6) is 0 Å². The van der Waals surface area contributed by atoms with Crippen LogP contribution < -0.4 is 5.32 Å². The van der Waals surface area contributed by atoms with Crippen LogP contribution >= 0.6 is 0 Å². The van der Waals surface area contributed by atoms with E-state index in [1.165, 1.54) is 116 Å². The summed E-state index contributed by atoms with van der Waals surface area (Å²) < 4.78 is 5.93. The number of hydrogen-bond acceptors (Lipinski definition) is 5. The Morgan fingerprint density at radius 1 is 0.455 bits per heavy atom. The zero-order valence-corrected chi connectivity index (χ0v) is 43.0. The summed E-state index contributed by atoms with van der Waals surface area (Å²) >= 11 is 0. The van der Waals surface area contributed by atoms with Crippen molar-refractivity contribution >= 4 is 11.9 Å². The van der Waals surface area contributed by atoms with E-state index in [1.54, 1.807) is 0 Å². The molecular weight excluding hydrogens is 815 g/mol. The third-order valence-corrected chi connectivity index (χ3v) is 12.1. The summed E-state index contributed by atoms with van der Waals surface area (Å²) in [4.78, 5) is 26.2. The van der Waals surface area contributed by atoms with Crippen LogP contribution in [0.25, 0.3) is 0 Å². The first-order valence-electron chi connectivity index (χ1n) is 27.6. The lowest BCUT2D eigenvalue weighted by Gasteiger charge is -2.24. The quantitative estimate of drug-likeness (QED) is 0.0321. The predicted octanol–water partition coefficient (Wildman–Crippen LogP) is 16.9. The maximum Gasteiger partial charge on any atom is 0.306 e. The Bertz CT molecular complexity index is 1310. The Morgan fingerprint density at radius 3 is 1.32 bits per heavy atom. The number of hydrogen-bond donors (Lipinski definition) is 3. The molecule has 0 radical (unpaired) electrons. The van der Waals surface area contributed by atoms with Gasteiger partial charge in [0, 0.05) is 6.42 Å². The van der Waals surface area contributed by atoms with E-state index in [1.807, 2.05) is 36.5 Å². The highest BCUT2D eigenvalue weighted by Crippen LogP contribution is 2.18. The van der Waals surface area contributed by atoms with Crippen LogP contribution in [0.1, 0.15) is 245 Å². The molecule has 3 N–H and O–H groups in total. The lowest BCUT2D eigenvalue weighted by atomic mass is 10.0. The van der Waals surface area contributed by atoms with Gasteiger partial charge in [0.2, 0.25) is 5.91 Å². The molecule has 0 saturated heterocycles. The number of aliphatic hydroxyl groups is 2. The average molecular weight is 918 g/mol. The van der Waals surface area contributed by atoms with E-state index in [0.29, 0.717) is 19.3 Å². The predicted molar refractivity (Wildman–Crippen MR) is 287 cm³/mol. The van der Waals surface area contributed by atoms with Crippen LogP contribution in [-0.2, 0) is 14.3 Å². The van der Waals surface area contributed by atoms with Crippen LogP contribution in [0.4, 0.5) is 0 Å². The summed E-state index contributed by atoms with van der Waals surface area (Å²) in [5.74, 6) is -0.533. The fourth-order valence-electron chi connectivity index (χ4n) is 7.93. The molecular formula is C60H103NO5. The van der Waals surface area contributed by atoms with Crippen LogP contribution in [0.3, 0.4) is 0 Å². The Morgan fingerprint density at radius 2 is 0.848 bits per heavy atom. The lowest BCUT2D eigenvalue weighted by molar-refractivity contribution is -0.151. The number of amides is 1. The minimum atomic E-state index is -0.808. The van der Waals surface area contributed by atoms with E-state index in [9.17, 15) is 19.8 Å². The maximum atomic E-state index is 13.3. The summed E-state index contributed by atoms with van der Waals surface area (Å²) in [6.45, 7) is 6.26. The molecule has 0 rings (SSSR count). The SMILES string of the molecule is CC/C=C/C=C/C=C/CCCCCCCCCC(=O)OC(CCCCC/C=C/C=C/C=C/C=C/C=C/CCC)CC(=O)NC(CO)C(O)CCCCCCCCCCCCCCCCCC. The highest BCUT2D eigenvalue weighted by Gasteiger charge is 2.24. The molecule has 0 heterocycles. The number of esters is 1. The van der Waals surface area contributed by atoms with Gasteiger partial charge in [0.1, 0.15) is 6.10 Å². The Kier molecular flexibility index (Phi) is 50.2. The van der Waals surface area contributed by atoms with E-state index in [0.717, 1.165) is 83.5 Å². The number of ether oxygens (including phenoxy) is 1. The minimum Gasteiger partial charge on any atom is -0.462 e. The molecule has 3 atom stereocenters. The molecule has 66 heavy (non-hydrogen) atoms. The van der Waals surface area contributed by atoms with E-state index >= 15 is 0 Å². The molecule has 6 nitrogen and oxygen atoms in total. The van der Waals surface area contributed by atoms with Crippen LogP contribution in [0.2, 0.25) is 0 Å². The van der Waals surface area contributed by atoms with Crippen molar-refractivity contribution in [3.8, 4) is 0 Å². The van der Waals surface area contributed by atoms with Crippen molar-refractivity contribution in [1.29, 1.82) is 0 Å². The first-order valence-corrected chi connectivity index (χ1v) is 27.6. The van der Waals surface area contributed by atoms with Gasteiger partial charge in [-0.05, 0) is 64.2 Å². The molecule has 0 aliphatic heterocycles. The second-order valence-electron chi connectivity index (χ2n) is 18.4. The molecule has 6 heteroatoms. The Hall–Kier alpha value is -3.22. The third kappa shape index (κ3) is 47.3. The van der Waals surface area contributed by atoms with E-state index < -0.39 is 18.2 Å². The summed E-state index contributed by atoms with van der Waals surface area (Å²) in [6, 6.07) is -0.725. The Balaban J connectivity index is 4.67. The highest BCUT2D eigenvalue weighted by molar-refractivity contribution is 5.77. The smallest absolute Gasteiger partial charge is 0.306 e. The number of carbonyl (C=O) groups excluding carboxylic acids is 2. The molecule has 0 aromatic rings. The molecule has 0 aromatic heterocycles. The van der Waals surface area contributed by atoms with Gasteiger partial charge in [-0.3, -0.25) is 9.59 Å². The molecule has 0 fully saturated rings. The fourth-order valence-corrected chi connectivity index (χ4v) is 7.93. The number of allylic oxidation sites excluding steroid dienone is 16. The number of rotatable bonds is 48. The molecule has 3 unspecified atom stereocenters. The molecule has 0 bridgehead atoms. The fraction of sp³-hybridized carbons (Fsp3) is 0.700. The first-order chi connectivity index (χ1) is 32.5. The first kappa shape index (κ1) is 62.8. The molecule has 0 saturated carbocycles. The van der Waals surface area contributed by atoms with Gasteiger partial charge in [0.25, 0.3) is 0 Å². The second-order valence-corrected chi connectivity index (χ2v) is 18.4. The van der Waals surface area contributed by atoms with Crippen molar-refractivity contribution in [3.63, 3.8) is 0 Å². The lowest BCUT2D eigenvalue weighted by Crippen LogP contribution is -2.46. The summed E-state index contributed by atoms with van der Waals surface area (Å²) in [7, 11) is 0. The van der Waals surface area contributed by atoms with Gasteiger partial charge in [-0.25, -0.2) is 0 Å². The van der Waals surface area contributed by atoms with Gasteiger partial charge in [0.15, 0.2) is 0 Å². The van der Waals surface area contributed by atoms with Crippen LogP contribution in [0, 0.1) is 0 Å². The monoisotopic (exact) mass is 918 g/mol. The van der Waals surface area contributed by atoms with Gasteiger partial charge < -0.3 is 20.3 Å². The van der Waals surface area contributed by atoms with E-state index in [2.05, 4.69) is 86.8 Å². The van der Waals surface area contributed by atoms with E-state index in [-0.39, 0.29) is 24.9 Å². The normalized spacial score (nSPS) is 14.0. The van der Waals surface area contributed by atoms with Gasteiger partial charge >= 0.3 is 5.97 Å². The zero-order valence-electron chi connectivity index (χ0n) is 43.0. The third-order valence-electron chi connectivity index (χ3n) is 12.1. The number of aliphatic hydroxyl groups excluding tert-OH is 2.